The van der Waals surface area contributed by atoms with E-state index in [1.165, 1.54) is 0 Å². The van der Waals surface area contributed by atoms with E-state index in [1.54, 1.807) is 12.3 Å². The number of rotatable bonds is 6. The Hall–Kier alpha value is -2.00. The molecule has 0 saturated carbocycles. The molecule has 1 unspecified atom stereocenters. The van der Waals surface area contributed by atoms with Gasteiger partial charge in [0.2, 0.25) is 0 Å². The van der Waals surface area contributed by atoms with Crippen molar-refractivity contribution in [2.24, 2.45) is 5.73 Å². The van der Waals surface area contributed by atoms with E-state index in [0.29, 0.717) is 6.61 Å². The van der Waals surface area contributed by atoms with Crippen LogP contribution in [-0.4, -0.2) is 6.61 Å². The molecule has 2 aromatic rings. The van der Waals surface area contributed by atoms with Crippen LogP contribution < -0.4 is 10.5 Å². The number of furan rings is 1. The molecule has 0 bridgehead atoms. The molecule has 18 heavy (non-hydrogen) atoms. The highest BCUT2D eigenvalue weighted by Gasteiger charge is 2.09. The van der Waals surface area contributed by atoms with Crippen LogP contribution in [-0.2, 0) is 6.42 Å². The zero-order valence-electron chi connectivity index (χ0n) is 10.2. The lowest BCUT2D eigenvalue weighted by Gasteiger charge is -2.09. The van der Waals surface area contributed by atoms with Crippen LogP contribution in [0.3, 0.4) is 0 Å². The molecule has 3 nitrogen and oxygen atoms in total. The maximum absolute atomic E-state index is 6.05. The lowest BCUT2D eigenvalue weighted by molar-refractivity contribution is 0.363. The number of benzene rings is 1. The summed E-state index contributed by atoms with van der Waals surface area (Å²) in [5, 5.41) is 0. The smallest absolute Gasteiger partial charge is 0.120 e. The van der Waals surface area contributed by atoms with Gasteiger partial charge in [-0.2, -0.15) is 0 Å². The highest BCUT2D eigenvalue weighted by Crippen LogP contribution is 2.18. The van der Waals surface area contributed by atoms with Gasteiger partial charge in [0.05, 0.1) is 12.3 Å². The van der Waals surface area contributed by atoms with Crippen molar-refractivity contribution in [2.45, 2.75) is 12.5 Å². The Morgan fingerprint density at radius 3 is 2.67 bits per heavy atom. The fraction of sp³-hybridized carbons (Fsp3) is 0.200. The monoisotopic (exact) mass is 243 g/mol. The van der Waals surface area contributed by atoms with Gasteiger partial charge in [-0.05, 0) is 36.2 Å². The van der Waals surface area contributed by atoms with Gasteiger partial charge in [0.15, 0.2) is 0 Å². The Labute approximate surface area is 107 Å². The van der Waals surface area contributed by atoms with Crippen molar-refractivity contribution in [3.05, 3.63) is 66.6 Å². The number of ether oxygens (including phenoxy) is 1. The van der Waals surface area contributed by atoms with Gasteiger partial charge in [-0.1, -0.05) is 24.8 Å². The maximum atomic E-state index is 6.05. The van der Waals surface area contributed by atoms with Crippen LogP contribution >= 0.6 is 0 Å². The molecule has 2 N–H and O–H groups in total. The summed E-state index contributed by atoms with van der Waals surface area (Å²) >= 11 is 0. The second-order valence-electron chi connectivity index (χ2n) is 4.07. The fourth-order valence-electron chi connectivity index (χ4n) is 1.73. The number of hydrogen-bond acceptors (Lipinski definition) is 3. The topological polar surface area (TPSA) is 48.4 Å². The first-order valence-corrected chi connectivity index (χ1v) is 5.91. The Kier molecular flexibility index (Phi) is 4.20. The number of nitrogens with two attached hydrogens (primary N) is 1. The van der Waals surface area contributed by atoms with Crippen molar-refractivity contribution < 1.29 is 9.15 Å². The highest BCUT2D eigenvalue weighted by atomic mass is 16.5. The summed E-state index contributed by atoms with van der Waals surface area (Å²) in [4.78, 5) is 0. The Bertz CT molecular complexity index is 474. The average molecular weight is 243 g/mol. The van der Waals surface area contributed by atoms with E-state index in [9.17, 15) is 0 Å². The summed E-state index contributed by atoms with van der Waals surface area (Å²) in [6.45, 7) is 4.13. The van der Waals surface area contributed by atoms with Gasteiger partial charge < -0.3 is 14.9 Å². The minimum absolute atomic E-state index is 0.111. The van der Waals surface area contributed by atoms with Crippen molar-refractivity contribution in [1.82, 2.24) is 0 Å². The second kappa shape index (κ2) is 6.07. The number of hydrogen-bond donors (Lipinski definition) is 1. The Morgan fingerprint density at radius 1 is 1.28 bits per heavy atom. The van der Waals surface area contributed by atoms with Gasteiger partial charge in [0.25, 0.3) is 0 Å². The Balaban J connectivity index is 1.95. The van der Waals surface area contributed by atoms with E-state index in [1.807, 2.05) is 36.4 Å². The molecule has 1 aromatic heterocycles. The van der Waals surface area contributed by atoms with Gasteiger partial charge in [-0.15, -0.1) is 0 Å². The zero-order chi connectivity index (χ0) is 12.8. The third kappa shape index (κ3) is 3.25. The van der Waals surface area contributed by atoms with Crippen molar-refractivity contribution in [2.75, 3.05) is 6.61 Å². The highest BCUT2D eigenvalue weighted by molar-refractivity contribution is 5.28. The van der Waals surface area contributed by atoms with Gasteiger partial charge in [0, 0.05) is 0 Å². The van der Waals surface area contributed by atoms with Crippen molar-refractivity contribution in [3.63, 3.8) is 0 Å². The summed E-state index contributed by atoms with van der Waals surface area (Å²) in [5.41, 5.74) is 7.21. The summed E-state index contributed by atoms with van der Waals surface area (Å²) < 4.78 is 10.7. The molecule has 1 atom stereocenters. The largest absolute Gasteiger partial charge is 0.490 e. The molecule has 0 spiro atoms. The van der Waals surface area contributed by atoms with E-state index in [2.05, 4.69) is 6.58 Å². The van der Waals surface area contributed by atoms with Crippen LogP contribution in [0.25, 0.3) is 0 Å². The normalized spacial score (nSPS) is 12.1. The molecule has 94 valence electrons. The molecule has 0 amide bonds. The summed E-state index contributed by atoms with van der Waals surface area (Å²) in [5.74, 6) is 1.65. The summed E-state index contributed by atoms with van der Waals surface area (Å²) in [6, 6.07) is 11.5. The van der Waals surface area contributed by atoms with Crippen LogP contribution in [0, 0.1) is 0 Å². The lowest BCUT2D eigenvalue weighted by Crippen LogP contribution is -2.12. The molecule has 0 aliphatic carbocycles. The van der Waals surface area contributed by atoms with Gasteiger partial charge in [0.1, 0.15) is 18.1 Å². The van der Waals surface area contributed by atoms with Crippen LogP contribution in [0.1, 0.15) is 17.4 Å². The predicted octanol–water partition coefficient (Wildman–Crippen LogP) is 3.09. The molecule has 0 fully saturated rings. The second-order valence-corrected chi connectivity index (χ2v) is 4.07. The molecule has 2 rings (SSSR count). The molecule has 3 heteroatoms. The van der Waals surface area contributed by atoms with Crippen molar-refractivity contribution in [1.29, 1.82) is 0 Å². The zero-order valence-corrected chi connectivity index (χ0v) is 10.2. The SMILES string of the molecule is C=CCOc1ccc(CC(N)c2ccco2)cc1. The molecular weight excluding hydrogens is 226 g/mol. The average Bonchev–Trinajstić information content (AvgIpc) is 2.92. The van der Waals surface area contributed by atoms with Crippen molar-refractivity contribution in [3.8, 4) is 5.75 Å². The van der Waals surface area contributed by atoms with E-state index in [4.69, 9.17) is 14.9 Å². The summed E-state index contributed by atoms with van der Waals surface area (Å²) in [7, 11) is 0. The maximum Gasteiger partial charge on any atom is 0.120 e. The molecule has 0 aliphatic heterocycles. The van der Waals surface area contributed by atoms with E-state index in [-0.39, 0.29) is 6.04 Å². The van der Waals surface area contributed by atoms with E-state index in [0.717, 1.165) is 23.5 Å². The van der Waals surface area contributed by atoms with E-state index < -0.39 is 0 Å². The predicted molar refractivity (Wildman–Crippen MR) is 71.5 cm³/mol. The van der Waals surface area contributed by atoms with Gasteiger partial charge >= 0.3 is 0 Å². The molecule has 0 aliphatic rings. The fourth-order valence-corrected chi connectivity index (χ4v) is 1.73. The lowest BCUT2D eigenvalue weighted by atomic mass is 10.0. The molecule has 0 radical (unpaired) electrons. The first-order valence-electron chi connectivity index (χ1n) is 5.91. The molecule has 0 saturated heterocycles. The first kappa shape index (κ1) is 12.5. The van der Waals surface area contributed by atoms with Crippen LogP contribution in [0.5, 0.6) is 5.75 Å². The third-order valence-electron chi connectivity index (χ3n) is 2.66. The summed E-state index contributed by atoms with van der Waals surface area (Å²) in [6.07, 6.45) is 4.11. The molecule has 1 heterocycles. The molecular formula is C15H17NO2. The minimum Gasteiger partial charge on any atom is -0.490 e. The van der Waals surface area contributed by atoms with Crippen LogP contribution in [0.2, 0.25) is 0 Å². The molecule has 1 aromatic carbocycles. The van der Waals surface area contributed by atoms with Gasteiger partial charge in [-0.3, -0.25) is 0 Å². The first-order chi connectivity index (χ1) is 8.79. The van der Waals surface area contributed by atoms with E-state index >= 15 is 0 Å². The van der Waals surface area contributed by atoms with Gasteiger partial charge in [-0.25, -0.2) is 0 Å². The van der Waals surface area contributed by atoms with Crippen molar-refractivity contribution >= 4 is 0 Å². The van der Waals surface area contributed by atoms with Crippen LogP contribution in [0.15, 0.2) is 59.7 Å². The third-order valence-corrected chi connectivity index (χ3v) is 2.66. The Morgan fingerprint density at radius 2 is 2.06 bits per heavy atom. The standard InChI is InChI=1S/C15H17NO2/c1-2-9-17-13-7-5-12(6-8-13)11-14(16)15-4-3-10-18-15/h2-8,10,14H,1,9,11,16H2. The minimum atomic E-state index is -0.111. The van der Waals surface area contributed by atoms with Crippen LogP contribution in [0.4, 0.5) is 0 Å². The quantitative estimate of drug-likeness (QED) is 0.793.